The van der Waals surface area contributed by atoms with Gasteiger partial charge in [0.25, 0.3) is 0 Å². The van der Waals surface area contributed by atoms with Crippen molar-refractivity contribution in [3.8, 4) is 0 Å². The first-order chi connectivity index (χ1) is 11.3. The first-order valence-corrected chi connectivity index (χ1v) is 7.84. The molecule has 8 heteroatoms. The fourth-order valence-electron chi connectivity index (χ4n) is 2.81. The van der Waals surface area contributed by atoms with Crippen LogP contribution in [0.3, 0.4) is 0 Å². The Balaban J connectivity index is 1.56. The maximum Gasteiger partial charge on any atom is 0.323 e. The quantitative estimate of drug-likeness (QED) is 0.877. The second-order valence-electron chi connectivity index (χ2n) is 5.65. The molecule has 1 aliphatic rings. The molecule has 3 heterocycles. The predicted octanol–water partition coefficient (Wildman–Crippen LogP) is 1.66. The number of nitrogens with one attached hydrogen (secondary N) is 2. The number of aromatic nitrogens is 4. The predicted molar refractivity (Wildman–Crippen MR) is 85.3 cm³/mol. The van der Waals surface area contributed by atoms with Gasteiger partial charge < -0.3 is 14.6 Å². The van der Waals surface area contributed by atoms with Crippen molar-refractivity contribution in [3.63, 3.8) is 0 Å². The van der Waals surface area contributed by atoms with Gasteiger partial charge in [0.05, 0.1) is 13.2 Å². The molecule has 2 aromatic rings. The molecule has 0 aliphatic carbocycles. The summed E-state index contributed by atoms with van der Waals surface area (Å²) in [6.45, 7) is 2.68. The largest absolute Gasteiger partial charge is 0.383 e. The number of urea groups is 1. The molecule has 23 heavy (non-hydrogen) atoms. The number of anilines is 1. The number of amides is 2. The van der Waals surface area contributed by atoms with Gasteiger partial charge >= 0.3 is 6.03 Å². The summed E-state index contributed by atoms with van der Waals surface area (Å²) in [5.41, 5.74) is 0. The third kappa shape index (κ3) is 3.89. The molecule has 1 aliphatic heterocycles. The molecule has 0 saturated carbocycles. The molecule has 0 spiro atoms. The number of hydrogen-bond acceptors (Lipinski definition) is 4. The van der Waals surface area contributed by atoms with Crippen LogP contribution in [-0.4, -0.2) is 57.5 Å². The molecule has 2 amide bonds. The molecule has 1 unspecified atom stereocenters. The van der Waals surface area contributed by atoms with Crippen molar-refractivity contribution in [1.29, 1.82) is 0 Å². The van der Waals surface area contributed by atoms with Crippen molar-refractivity contribution in [2.24, 2.45) is 0 Å². The number of nitrogens with zero attached hydrogens (tertiary/aromatic N) is 4. The van der Waals surface area contributed by atoms with E-state index in [-0.39, 0.29) is 11.9 Å². The van der Waals surface area contributed by atoms with Gasteiger partial charge in [-0.1, -0.05) is 0 Å². The van der Waals surface area contributed by atoms with Crippen molar-refractivity contribution in [1.82, 2.24) is 24.6 Å². The number of carbonyl (C=O) groups is 1. The van der Waals surface area contributed by atoms with Gasteiger partial charge in [0.15, 0.2) is 5.82 Å². The van der Waals surface area contributed by atoms with Crippen LogP contribution in [0.15, 0.2) is 24.7 Å². The topological polar surface area (TPSA) is 88.1 Å². The number of piperidine rings is 1. The van der Waals surface area contributed by atoms with Crippen LogP contribution in [0.2, 0.25) is 0 Å². The fraction of sp³-hybridized carbons (Fsp3) is 0.533. The Bertz CT molecular complexity index is 624. The Kier molecular flexibility index (Phi) is 4.92. The minimum atomic E-state index is -0.113. The highest BCUT2D eigenvalue weighted by Gasteiger charge is 2.26. The molecule has 0 bridgehead atoms. The first kappa shape index (κ1) is 15.5. The van der Waals surface area contributed by atoms with Crippen LogP contribution >= 0.6 is 0 Å². The van der Waals surface area contributed by atoms with Crippen LogP contribution in [0.4, 0.5) is 10.6 Å². The number of aromatic amines is 1. The van der Waals surface area contributed by atoms with Crippen molar-refractivity contribution >= 4 is 11.8 Å². The zero-order valence-corrected chi connectivity index (χ0v) is 13.2. The summed E-state index contributed by atoms with van der Waals surface area (Å²) in [5.74, 6) is 1.78. The number of methoxy groups -OCH3 is 1. The minimum Gasteiger partial charge on any atom is -0.383 e. The van der Waals surface area contributed by atoms with E-state index in [2.05, 4.69) is 20.4 Å². The van der Waals surface area contributed by atoms with E-state index in [0.717, 1.165) is 25.2 Å². The summed E-state index contributed by atoms with van der Waals surface area (Å²) >= 11 is 0. The van der Waals surface area contributed by atoms with Gasteiger partial charge in [-0.2, -0.15) is 5.10 Å². The van der Waals surface area contributed by atoms with Crippen LogP contribution in [0.25, 0.3) is 0 Å². The average Bonchev–Trinajstić information content (AvgIpc) is 3.25. The number of H-pyrrole nitrogens is 1. The summed E-state index contributed by atoms with van der Waals surface area (Å²) in [7, 11) is 1.65. The van der Waals surface area contributed by atoms with Crippen LogP contribution in [0.5, 0.6) is 0 Å². The third-order valence-electron chi connectivity index (χ3n) is 4.01. The highest BCUT2D eigenvalue weighted by Crippen LogP contribution is 2.24. The number of likely N-dealkylation sites (tertiary alicyclic amines) is 1. The summed E-state index contributed by atoms with van der Waals surface area (Å²) in [4.78, 5) is 21.7. The van der Waals surface area contributed by atoms with E-state index in [1.165, 1.54) is 0 Å². The van der Waals surface area contributed by atoms with Gasteiger partial charge in [-0.05, 0) is 12.8 Å². The number of imidazole rings is 1. The Morgan fingerprint density at radius 3 is 3.26 bits per heavy atom. The Hall–Kier alpha value is -2.35. The number of hydrogen-bond donors (Lipinski definition) is 2. The summed E-state index contributed by atoms with van der Waals surface area (Å²) < 4.78 is 6.76. The molecule has 0 aromatic carbocycles. The van der Waals surface area contributed by atoms with Gasteiger partial charge in [-0.15, -0.1) is 0 Å². The molecule has 3 rings (SSSR count). The molecule has 2 N–H and O–H groups in total. The third-order valence-corrected chi connectivity index (χ3v) is 4.01. The number of rotatable bonds is 5. The van der Waals surface area contributed by atoms with Crippen LogP contribution < -0.4 is 5.32 Å². The van der Waals surface area contributed by atoms with E-state index in [4.69, 9.17) is 4.74 Å². The first-order valence-electron chi connectivity index (χ1n) is 7.84. The van der Waals surface area contributed by atoms with E-state index in [0.29, 0.717) is 25.5 Å². The number of carbonyl (C=O) groups excluding carboxylic acids is 1. The van der Waals surface area contributed by atoms with E-state index >= 15 is 0 Å². The zero-order valence-electron chi connectivity index (χ0n) is 13.2. The molecule has 0 radical (unpaired) electrons. The second kappa shape index (κ2) is 7.28. The standard InChI is InChI=1S/C15H22N6O2/c1-23-10-9-21-8-4-13(19-21)18-15(22)20-7-2-3-12(11-20)14-16-5-6-17-14/h4-6,8,12H,2-3,7,9-11H2,1H3,(H,16,17)(H,18,19,22). The lowest BCUT2D eigenvalue weighted by molar-refractivity contribution is 0.183. The Morgan fingerprint density at radius 1 is 1.57 bits per heavy atom. The van der Waals surface area contributed by atoms with Gasteiger partial charge in [0.1, 0.15) is 5.82 Å². The molecule has 1 atom stereocenters. The lowest BCUT2D eigenvalue weighted by atomic mass is 9.98. The SMILES string of the molecule is COCCn1ccc(NC(=O)N2CCCC(c3ncc[nH]3)C2)n1. The summed E-state index contributed by atoms with van der Waals surface area (Å²) in [6, 6.07) is 1.68. The van der Waals surface area contributed by atoms with Crippen molar-refractivity contribution in [2.75, 3.05) is 32.1 Å². The Morgan fingerprint density at radius 2 is 2.48 bits per heavy atom. The highest BCUT2D eigenvalue weighted by atomic mass is 16.5. The van der Waals surface area contributed by atoms with E-state index in [1.54, 1.807) is 24.1 Å². The molecule has 124 valence electrons. The van der Waals surface area contributed by atoms with Gasteiger partial charge in [0, 0.05) is 50.8 Å². The van der Waals surface area contributed by atoms with Crippen LogP contribution in [0.1, 0.15) is 24.6 Å². The lowest BCUT2D eigenvalue weighted by Gasteiger charge is -2.31. The van der Waals surface area contributed by atoms with E-state index < -0.39 is 0 Å². The van der Waals surface area contributed by atoms with Crippen molar-refractivity contribution < 1.29 is 9.53 Å². The monoisotopic (exact) mass is 318 g/mol. The average molecular weight is 318 g/mol. The minimum absolute atomic E-state index is 0.113. The molecule has 1 saturated heterocycles. The summed E-state index contributed by atoms with van der Waals surface area (Å²) in [5, 5.41) is 7.17. The number of ether oxygens (including phenoxy) is 1. The maximum absolute atomic E-state index is 12.4. The van der Waals surface area contributed by atoms with E-state index in [1.807, 2.05) is 17.3 Å². The Labute approximate surface area is 134 Å². The molecular weight excluding hydrogens is 296 g/mol. The smallest absolute Gasteiger partial charge is 0.323 e. The van der Waals surface area contributed by atoms with Crippen molar-refractivity contribution in [2.45, 2.75) is 25.3 Å². The van der Waals surface area contributed by atoms with Crippen LogP contribution in [-0.2, 0) is 11.3 Å². The lowest BCUT2D eigenvalue weighted by Crippen LogP contribution is -2.41. The normalized spacial score (nSPS) is 18.1. The van der Waals surface area contributed by atoms with E-state index in [9.17, 15) is 4.79 Å². The van der Waals surface area contributed by atoms with Gasteiger partial charge in [-0.3, -0.25) is 10.00 Å². The molecule has 2 aromatic heterocycles. The van der Waals surface area contributed by atoms with Crippen molar-refractivity contribution in [3.05, 3.63) is 30.5 Å². The maximum atomic E-state index is 12.4. The van der Waals surface area contributed by atoms with Gasteiger partial charge in [-0.25, -0.2) is 9.78 Å². The van der Waals surface area contributed by atoms with Gasteiger partial charge in [0.2, 0.25) is 0 Å². The summed E-state index contributed by atoms with van der Waals surface area (Å²) in [6.07, 6.45) is 7.42. The molecule has 1 fully saturated rings. The molecule has 8 nitrogen and oxygen atoms in total. The highest BCUT2D eigenvalue weighted by molar-refractivity contribution is 5.88. The second-order valence-corrected chi connectivity index (χ2v) is 5.65. The van der Waals surface area contributed by atoms with Crippen LogP contribution in [0, 0.1) is 0 Å². The molecular formula is C15H22N6O2. The zero-order chi connectivity index (χ0) is 16.1. The fourth-order valence-corrected chi connectivity index (χ4v) is 2.81.